The number of benzene rings is 1. The number of nitrogens with zero attached hydrogens (tertiary/aromatic N) is 2. The van der Waals surface area contributed by atoms with Gasteiger partial charge in [-0.15, -0.1) is 0 Å². The molecule has 2 N–H and O–H groups in total. The van der Waals surface area contributed by atoms with Crippen LogP contribution in [-0.4, -0.2) is 15.3 Å². The van der Waals surface area contributed by atoms with E-state index in [-0.39, 0.29) is 11.8 Å². The third kappa shape index (κ3) is 2.43. The van der Waals surface area contributed by atoms with E-state index in [2.05, 4.69) is 15.6 Å². The quantitative estimate of drug-likeness (QED) is 0.899. The molecule has 0 fully saturated rings. The number of hydrogen-bond donors (Lipinski definition) is 1. The van der Waals surface area contributed by atoms with Gasteiger partial charge in [-0.1, -0.05) is 6.07 Å². The van der Waals surface area contributed by atoms with E-state index in [1.54, 1.807) is 6.92 Å². The first-order valence-corrected chi connectivity index (χ1v) is 6.21. The molecule has 0 aliphatic carbocycles. The molecule has 4 nitrogen and oxygen atoms in total. The van der Waals surface area contributed by atoms with Crippen LogP contribution in [0.4, 0.5) is 0 Å². The Morgan fingerprint density at radius 2 is 2.22 bits per heavy atom. The summed E-state index contributed by atoms with van der Waals surface area (Å²) in [5.74, 6) is 1.02. The second-order valence-corrected chi connectivity index (χ2v) is 4.85. The number of fused-ring (bicyclic) bond motifs is 1. The minimum Gasteiger partial charge on any atom is -0.326 e. The Balaban J connectivity index is 2.52. The molecule has 0 saturated carbocycles. The normalized spacial score (nSPS) is 12.9. The van der Waals surface area contributed by atoms with Crippen molar-refractivity contribution in [3.8, 4) is 0 Å². The molecule has 0 aliphatic rings. The van der Waals surface area contributed by atoms with Gasteiger partial charge < -0.3 is 10.3 Å². The van der Waals surface area contributed by atoms with Crippen molar-refractivity contribution >= 4 is 16.8 Å². The standard InChI is InChI=1S/C14H19N3O/c1-9-4-5-13-12(8-9)16-14(11(3)15)17(13)7-6-10(2)18/h4-5,8,11H,6-7,15H2,1-3H3. The van der Waals surface area contributed by atoms with E-state index >= 15 is 0 Å². The summed E-state index contributed by atoms with van der Waals surface area (Å²) in [4.78, 5) is 15.7. The number of rotatable bonds is 4. The molecule has 2 aromatic rings. The number of imidazole rings is 1. The number of hydrogen-bond acceptors (Lipinski definition) is 3. The van der Waals surface area contributed by atoms with Gasteiger partial charge in [-0.2, -0.15) is 0 Å². The predicted octanol–water partition coefficient (Wildman–Crippen LogP) is 2.34. The van der Waals surface area contributed by atoms with Crippen LogP contribution in [0, 0.1) is 6.92 Å². The summed E-state index contributed by atoms with van der Waals surface area (Å²) < 4.78 is 2.06. The van der Waals surface area contributed by atoms with Gasteiger partial charge in [0.2, 0.25) is 0 Å². The molecular weight excluding hydrogens is 226 g/mol. The van der Waals surface area contributed by atoms with Crippen LogP contribution < -0.4 is 5.73 Å². The minimum absolute atomic E-state index is 0.135. The highest BCUT2D eigenvalue weighted by Crippen LogP contribution is 2.21. The SMILES string of the molecule is CC(=O)CCn1c(C(C)N)nc2cc(C)ccc21. The summed E-state index contributed by atoms with van der Waals surface area (Å²) in [6.45, 7) is 6.21. The molecule has 0 saturated heterocycles. The van der Waals surface area contributed by atoms with Crippen molar-refractivity contribution in [3.05, 3.63) is 29.6 Å². The average Bonchev–Trinajstić information content (AvgIpc) is 2.64. The van der Waals surface area contributed by atoms with Crippen LogP contribution in [-0.2, 0) is 11.3 Å². The second kappa shape index (κ2) is 4.90. The molecule has 18 heavy (non-hydrogen) atoms. The Morgan fingerprint density at radius 3 is 2.83 bits per heavy atom. The van der Waals surface area contributed by atoms with Crippen molar-refractivity contribution in [3.63, 3.8) is 0 Å². The van der Waals surface area contributed by atoms with Crippen LogP contribution in [0.15, 0.2) is 18.2 Å². The second-order valence-electron chi connectivity index (χ2n) is 4.85. The smallest absolute Gasteiger partial charge is 0.131 e. The van der Waals surface area contributed by atoms with Gasteiger partial charge >= 0.3 is 0 Å². The van der Waals surface area contributed by atoms with Crippen molar-refractivity contribution in [1.29, 1.82) is 0 Å². The molecule has 0 aliphatic heterocycles. The maximum Gasteiger partial charge on any atom is 0.131 e. The van der Waals surface area contributed by atoms with Crippen molar-refractivity contribution in [2.45, 2.75) is 39.8 Å². The zero-order chi connectivity index (χ0) is 13.3. The van der Waals surface area contributed by atoms with Crippen LogP contribution in [0.5, 0.6) is 0 Å². The van der Waals surface area contributed by atoms with Crippen LogP contribution in [0.1, 0.15) is 37.7 Å². The first-order chi connectivity index (χ1) is 8.49. The number of carbonyl (C=O) groups is 1. The molecule has 1 unspecified atom stereocenters. The molecule has 96 valence electrons. The van der Waals surface area contributed by atoms with Gasteiger partial charge in [0.05, 0.1) is 17.1 Å². The Kier molecular flexibility index (Phi) is 3.48. The number of aromatic nitrogens is 2. The van der Waals surface area contributed by atoms with E-state index < -0.39 is 0 Å². The van der Waals surface area contributed by atoms with Crippen molar-refractivity contribution < 1.29 is 4.79 Å². The van der Waals surface area contributed by atoms with Gasteiger partial charge in [-0.25, -0.2) is 4.98 Å². The molecule has 1 atom stereocenters. The lowest BCUT2D eigenvalue weighted by Gasteiger charge is -2.10. The van der Waals surface area contributed by atoms with E-state index in [9.17, 15) is 4.79 Å². The van der Waals surface area contributed by atoms with Gasteiger partial charge in [0.25, 0.3) is 0 Å². The Labute approximate surface area is 107 Å². The van der Waals surface area contributed by atoms with Crippen molar-refractivity contribution in [2.75, 3.05) is 0 Å². The molecule has 1 aromatic carbocycles. The van der Waals surface area contributed by atoms with Crippen LogP contribution >= 0.6 is 0 Å². The fourth-order valence-corrected chi connectivity index (χ4v) is 2.11. The summed E-state index contributed by atoms with van der Waals surface area (Å²) in [5.41, 5.74) is 9.13. The van der Waals surface area contributed by atoms with Crippen molar-refractivity contribution in [1.82, 2.24) is 9.55 Å². The third-order valence-electron chi connectivity index (χ3n) is 3.03. The number of aryl methyl sites for hydroxylation is 2. The topological polar surface area (TPSA) is 60.9 Å². The molecular formula is C14H19N3O. The molecule has 0 spiro atoms. The van der Waals surface area contributed by atoms with Crippen LogP contribution in [0.3, 0.4) is 0 Å². The molecule has 0 radical (unpaired) electrons. The molecule has 0 bridgehead atoms. The predicted molar refractivity (Wildman–Crippen MR) is 72.4 cm³/mol. The highest BCUT2D eigenvalue weighted by Gasteiger charge is 2.14. The lowest BCUT2D eigenvalue weighted by atomic mass is 10.2. The Bertz CT molecular complexity index is 584. The summed E-state index contributed by atoms with van der Waals surface area (Å²) >= 11 is 0. The molecule has 4 heteroatoms. The number of ketones is 1. The van der Waals surface area contributed by atoms with E-state index in [0.29, 0.717) is 13.0 Å². The van der Waals surface area contributed by atoms with Gasteiger partial charge in [0.1, 0.15) is 11.6 Å². The van der Waals surface area contributed by atoms with E-state index in [4.69, 9.17) is 5.73 Å². The largest absolute Gasteiger partial charge is 0.326 e. The Hall–Kier alpha value is -1.68. The summed E-state index contributed by atoms with van der Waals surface area (Å²) in [6.07, 6.45) is 0.513. The highest BCUT2D eigenvalue weighted by molar-refractivity contribution is 5.78. The first kappa shape index (κ1) is 12.8. The molecule has 1 heterocycles. The van der Waals surface area contributed by atoms with Gasteiger partial charge in [0.15, 0.2) is 0 Å². The molecule has 2 rings (SSSR count). The maximum absolute atomic E-state index is 11.1. The molecule has 1 aromatic heterocycles. The fraction of sp³-hybridized carbons (Fsp3) is 0.429. The molecule has 0 amide bonds. The number of carbonyl (C=O) groups excluding carboxylic acids is 1. The van der Waals surface area contributed by atoms with Gasteiger partial charge in [-0.3, -0.25) is 4.79 Å². The third-order valence-corrected chi connectivity index (χ3v) is 3.03. The van der Waals surface area contributed by atoms with E-state index in [1.165, 1.54) is 5.56 Å². The highest BCUT2D eigenvalue weighted by atomic mass is 16.1. The summed E-state index contributed by atoms with van der Waals surface area (Å²) in [7, 11) is 0. The number of Topliss-reactive ketones (excluding diaryl/α,β-unsaturated/α-hetero) is 1. The summed E-state index contributed by atoms with van der Waals surface area (Å²) in [5, 5.41) is 0. The zero-order valence-corrected chi connectivity index (χ0v) is 11.1. The van der Waals surface area contributed by atoms with Crippen molar-refractivity contribution in [2.24, 2.45) is 5.73 Å². The van der Waals surface area contributed by atoms with E-state index in [1.807, 2.05) is 26.0 Å². The minimum atomic E-state index is -0.135. The maximum atomic E-state index is 11.1. The van der Waals surface area contributed by atoms with Crippen LogP contribution in [0.25, 0.3) is 11.0 Å². The van der Waals surface area contributed by atoms with Crippen LogP contribution in [0.2, 0.25) is 0 Å². The zero-order valence-electron chi connectivity index (χ0n) is 11.1. The number of nitrogens with two attached hydrogens (primary N) is 1. The monoisotopic (exact) mass is 245 g/mol. The first-order valence-electron chi connectivity index (χ1n) is 6.21. The lowest BCUT2D eigenvalue weighted by molar-refractivity contribution is -0.117. The summed E-state index contributed by atoms with van der Waals surface area (Å²) in [6, 6.07) is 6.01. The fourth-order valence-electron chi connectivity index (χ4n) is 2.11. The van der Waals surface area contributed by atoms with Gasteiger partial charge in [-0.05, 0) is 38.5 Å². The lowest BCUT2D eigenvalue weighted by Crippen LogP contribution is -2.14. The average molecular weight is 245 g/mol. The van der Waals surface area contributed by atoms with E-state index in [0.717, 1.165) is 16.9 Å². The Morgan fingerprint density at radius 1 is 1.50 bits per heavy atom. The van der Waals surface area contributed by atoms with Gasteiger partial charge in [0, 0.05) is 13.0 Å².